The molecule has 1 heterocycles. The topological polar surface area (TPSA) is 60.0 Å². The summed E-state index contributed by atoms with van der Waals surface area (Å²) < 4.78 is 0. The average molecular weight is 163 g/mol. The molecule has 2 N–H and O–H groups in total. The standard InChI is InChI=1S/C8H9N3O/c1-3-5-6-7(9)11-12-8(6)10-4-2/h3-5H,1-2H2,(H2,9,11)/b6-5-,10-8?. The summed E-state index contributed by atoms with van der Waals surface area (Å²) in [5.74, 6) is 0.651. The molecule has 0 atom stereocenters. The second-order valence-electron chi connectivity index (χ2n) is 2.00. The van der Waals surface area contributed by atoms with Gasteiger partial charge in [0.1, 0.15) is 0 Å². The van der Waals surface area contributed by atoms with E-state index in [0.717, 1.165) is 0 Å². The molecule has 0 aliphatic carbocycles. The molecule has 0 saturated carbocycles. The summed E-state index contributed by atoms with van der Waals surface area (Å²) in [6.45, 7) is 6.96. The predicted octanol–water partition coefficient (Wildman–Crippen LogP) is 0.943. The molecule has 0 unspecified atom stereocenters. The van der Waals surface area contributed by atoms with Crippen molar-refractivity contribution in [2.45, 2.75) is 0 Å². The van der Waals surface area contributed by atoms with Crippen LogP contribution in [0.4, 0.5) is 0 Å². The summed E-state index contributed by atoms with van der Waals surface area (Å²) in [4.78, 5) is 8.62. The number of rotatable bonds is 2. The fourth-order valence-electron chi connectivity index (χ4n) is 0.751. The van der Waals surface area contributed by atoms with Crippen LogP contribution in [-0.4, -0.2) is 11.7 Å². The van der Waals surface area contributed by atoms with Crippen LogP contribution in [0.2, 0.25) is 0 Å². The van der Waals surface area contributed by atoms with Gasteiger partial charge in [0, 0.05) is 6.20 Å². The first-order valence-electron chi connectivity index (χ1n) is 3.32. The van der Waals surface area contributed by atoms with Crippen LogP contribution in [0.5, 0.6) is 0 Å². The van der Waals surface area contributed by atoms with Gasteiger partial charge < -0.3 is 10.6 Å². The zero-order valence-electron chi connectivity index (χ0n) is 6.53. The molecule has 12 heavy (non-hydrogen) atoms. The molecule has 4 heteroatoms. The minimum absolute atomic E-state index is 0.301. The number of nitrogens with zero attached hydrogens (tertiary/aromatic N) is 2. The first-order valence-corrected chi connectivity index (χ1v) is 3.32. The van der Waals surface area contributed by atoms with Gasteiger partial charge in [0.15, 0.2) is 5.84 Å². The Morgan fingerprint density at radius 2 is 2.25 bits per heavy atom. The van der Waals surface area contributed by atoms with Gasteiger partial charge >= 0.3 is 0 Å². The molecule has 1 rings (SSSR count). The van der Waals surface area contributed by atoms with E-state index in [9.17, 15) is 0 Å². The van der Waals surface area contributed by atoms with Gasteiger partial charge in [-0.05, 0) is 6.08 Å². The average Bonchev–Trinajstić information content (AvgIpc) is 2.37. The maximum atomic E-state index is 5.48. The van der Waals surface area contributed by atoms with E-state index in [2.05, 4.69) is 23.3 Å². The van der Waals surface area contributed by atoms with E-state index in [4.69, 9.17) is 10.6 Å². The zero-order chi connectivity index (χ0) is 8.97. The van der Waals surface area contributed by atoms with E-state index in [1.54, 1.807) is 12.2 Å². The molecule has 0 radical (unpaired) electrons. The Hall–Kier alpha value is -1.84. The molecule has 1 aliphatic heterocycles. The van der Waals surface area contributed by atoms with E-state index >= 15 is 0 Å². The molecule has 0 amide bonds. The summed E-state index contributed by atoms with van der Waals surface area (Å²) in [6.07, 6.45) is 4.62. The highest BCUT2D eigenvalue weighted by Gasteiger charge is 2.19. The van der Waals surface area contributed by atoms with E-state index < -0.39 is 0 Å². The third kappa shape index (κ3) is 1.42. The Kier molecular flexibility index (Phi) is 2.42. The van der Waals surface area contributed by atoms with Crippen LogP contribution in [0.15, 0.2) is 47.2 Å². The molecule has 0 aromatic heterocycles. The predicted molar refractivity (Wildman–Crippen MR) is 48.6 cm³/mol. The van der Waals surface area contributed by atoms with Gasteiger partial charge in [0.2, 0.25) is 0 Å². The third-order valence-corrected chi connectivity index (χ3v) is 1.23. The van der Waals surface area contributed by atoms with Crippen LogP contribution >= 0.6 is 0 Å². The van der Waals surface area contributed by atoms with Crippen LogP contribution in [0.1, 0.15) is 0 Å². The van der Waals surface area contributed by atoms with Crippen molar-refractivity contribution in [1.29, 1.82) is 0 Å². The monoisotopic (exact) mass is 163 g/mol. The highest BCUT2D eigenvalue weighted by Crippen LogP contribution is 2.09. The van der Waals surface area contributed by atoms with Crippen LogP contribution in [0.25, 0.3) is 0 Å². The van der Waals surface area contributed by atoms with Gasteiger partial charge in [-0.15, -0.1) is 0 Å². The van der Waals surface area contributed by atoms with Crippen LogP contribution in [0, 0.1) is 0 Å². The summed E-state index contributed by atoms with van der Waals surface area (Å²) in [5, 5.41) is 3.54. The van der Waals surface area contributed by atoms with Gasteiger partial charge in [-0.3, -0.25) is 0 Å². The Morgan fingerprint density at radius 3 is 2.83 bits per heavy atom. The quantitative estimate of drug-likeness (QED) is 0.658. The fraction of sp³-hybridized carbons (Fsp3) is 0. The van der Waals surface area contributed by atoms with Crippen molar-refractivity contribution in [2.75, 3.05) is 0 Å². The van der Waals surface area contributed by atoms with E-state index in [-0.39, 0.29) is 0 Å². The lowest BCUT2D eigenvalue weighted by molar-refractivity contribution is 0.341. The van der Waals surface area contributed by atoms with Crippen LogP contribution < -0.4 is 5.73 Å². The molecule has 0 bridgehead atoms. The summed E-state index contributed by atoms with van der Waals surface area (Å²) >= 11 is 0. The maximum absolute atomic E-state index is 5.48. The van der Waals surface area contributed by atoms with Gasteiger partial charge in [-0.1, -0.05) is 24.4 Å². The molecule has 4 nitrogen and oxygen atoms in total. The Labute approximate surface area is 70.4 Å². The Morgan fingerprint density at radius 1 is 1.50 bits per heavy atom. The van der Waals surface area contributed by atoms with Gasteiger partial charge in [-0.2, -0.15) is 0 Å². The second kappa shape index (κ2) is 3.52. The van der Waals surface area contributed by atoms with Crippen LogP contribution in [-0.2, 0) is 4.84 Å². The molecule has 0 spiro atoms. The van der Waals surface area contributed by atoms with E-state index in [1.807, 2.05) is 0 Å². The zero-order valence-corrected chi connectivity index (χ0v) is 6.53. The highest BCUT2D eigenvalue weighted by molar-refractivity contribution is 6.22. The lowest BCUT2D eigenvalue weighted by atomic mass is 10.2. The summed E-state index contributed by atoms with van der Waals surface area (Å²) in [7, 11) is 0. The maximum Gasteiger partial charge on any atom is 0.259 e. The highest BCUT2D eigenvalue weighted by atomic mass is 16.6. The number of hydrogen-bond acceptors (Lipinski definition) is 4. The van der Waals surface area contributed by atoms with E-state index in [0.29, 0.717) is 17.3 Å². The number of nitrogens with two attached hydrogens (primary N) is 1. The first-order chi connectivity index (χ1) is 5.79. The SMILES string of the molecule is C=C/C=C1/C(N)=NOC1=NC=C. The molecule has 0 aromatic carbocycles. The van der Waals surface area contributed by atoms with Crippen LogP contribution in [0.3, 0.4) is 0 Å². The van der Waals surface area contributed by atoms with Crippen molar-refractivity contribution in [3.63, 3.8) is 0 Å². The minimum Gasteiger partial charge on any atom is -0.380 e. The fourth-order valence-corrected chi connectivity index (χ4v) is 0.751. The molecule has 0 aromatic rings. The second-order valence-corrected chi connectivity index (χ2v) is 2.00. The van der Waals surface area contributed by atoms with E-state index in [1.165, 1.54) is 6.20 Å². The van der Waals surface area contributed by atoms with Crippen molar-refractivity contribution < 1.29 is 4.84 Å². The van der Waals surface area contributed by atoms with Crippen molar-refractivity contribution in [3.8, 4) is 0 Å². The first kappa shape index (κ1) is 8.26. The molecular weight excluding hydrogens is 154 g/mol. The van der Waals surface area contributed by atoms with Gasteiger partial charge in [0.25, 0.3) is 5.90 Å². The van der Waals surface area contributed by atoms with Crippen molar-refractivity contribution >= 4 is 11.7 Å². The molecule has 0 saturated heterocycles. The largest absolute Gasteiger partial charge is 0.380 e. The normalized spacial score (nSPS) is 22.2. The number of oxime groups is 1. The van der Waals surface area contributed by atoms with Crippen molar-refractivity contribution in [3.05, 3.63) is 37.1 Å². The third-order valence-electron chi connectivity index (χ3n) is 1.23. The summed E-state index contributed by atoms with van der Waals surface area (Å²) in [6, 6.07) is 0. The number of amidine groups is 1. The smallest absolute Gasteiger partial charge is 0.259 e. The number of hydrogen-bond donors (Lipinski definition) is 1. The van der Waals surface area contributed by atoms with Gasteiger partial charge in [0.05, 0.1) is 5.57 Å². The van der Waals surface area contributed by atoms with Crippen molar-refractivity contribution in [1.82, 2.24) is 0 Å². The molecule has 1 aliphatic rings. The van der Waals surface area contributed by atoms with Crippen molar-refractivity contribution in [2.24, 2.45) is 15.9 Å². The lowest BCUT2D eigenvalue weighted by Gasteiger charge is -1.92. The Bertz CT molecular complexity index is 299. The Balaban J connectivity index is 2.99. The molecule has 0 fully saturated rings. The minimum atomic E-state index is 0.301. The number of aliphatic imine (C=N–C) groups is 1. The lowest BCUT2D eigenvalue weighted by Crippen LogP contribution is -2.14. The molecular formula is C8H9N3O. The molecule has 62 valence electrons. The number of allylic oxidation sites excluding steroid dienone is 2. The van der Waals surface area contributed by atoms with Gasteiger partial charge in [-0.25, -0.2) is 4.99 Å². The summed E-state index contributed by atoms with van der Waals surface area (Å²) in [5.41, 5.74) is 6.11.